The fourth-order valence-corrected chi connectivity index (χ4v) is 3.90. The van der Waals surface area contributed by atoms with Gasteiger partial charge in [0.25, 0.3) is 0 Å². The second-order valence-electron chi connectivity index (χ2n) is 6.79. The Morgan fingerprint density at radius 3 is 2.68 bits per heavy atom. The zero-order chi connectivity index (χ0) is 16.2. The lowest BCUT2D eigenvalue weighted by molar-refractivity contribution is -0.125. The number of carbonyl (C=O) groups is 2. The van der Waals surface area contributed by atoms with Gasteiger partial charge in [-0.2, -0.15) is 0 Å². The molecule has 2 rings (SSSR count). The van der Waals surface area contributed by atoms with Crippen molar-refractivity contribution in [3.8, 4) is 0 Å². The van der Waals surface area contributed by atoms with Crippen molar-refractivity contribution in [2.24, 2.45) is 17.6 Å². The largest absolute Gasteiger partial charge is 0.354 e. The van der Waals surface area contributed by atoms with Crippen molar-refractivity contribution >= 4 is 23.5 Å². The summed E-state index contributed by atoms with van der Waals surface area (Å²) >= 11 is 1.60. The Labute approximate surface area is 136 Å². The summed E-state index contributed by atoms with van der Waals surface area (Å²) in [5.41, 5.74) is 5.72. The molecule has 1 aromatic rings. The molecule has 3 N–H and O–H groups in total. The SMILES string of the molecule is CC(C)(C(=O)NCC(N)C1CCC(C=O)CC1)c1cccs1. The van der Waals surface area contributed by atoms with Gasteiger partial charge < -0.3 is 15.8 Å². The van der Waals surface area contributed by atoms with Crippen molar-refractivity contribution in [2.75, 3.05) is 6.54 Å². The lowest BCUT2D eigenvalue weighted by Gasteiger charge is -2.31. The quantitative estimate of drug-likeness (QED) is 0.790. The first kappa shape index (κ1) is 17.2. The molecule has 4 nitrogen and oxygen atoms in total. The van der Waals surface area contributed by atoms with Gasteiger partial charge in [0.15, 0.2) is 0 Å². The molecule has 122 valence electrons. The van der Waals surface area contributed by atoms with E-state index in [0.29, 0.717) is 12.5 Å². The zero-order valence-corrected chi connectivity index (χ0v) is 14.2. The number of nitrogens with one attached hydrogen (secondary N) is 1. The molecule has 1 atom stereocenters. The zero-order valence-electron chi connectivity index (χ0n) is 13.4. The first-order chi connectivity index (χ1) is 10.4. The third-order valence-corrected chi connectivity index (χ3v) is 6.01. The highest BCUT2D eigenvalue weighted by atomic mass is 32.1. The van der Waals surface area contributed by atoms with Crippen LogP contribution in [0.4, 0.5) is 0 Å². The van der Waals surface area contributed by atoms with E-state index < -0.39 is 5.41 Å². The van der Waals surface area contributed by atoms with Crippen molar-refractivity contribution in [1.82, 2.24) is 5.32 Å². The Balaban J connectivity index is 1.82. The predicted octanol–water partition coefficient (Wildman–Crippen LogP) is 2.47. The van der Waals surface area contributed by atoms with E-state index in [-0.39, 0.29) is 17.9 Å². The van der Waals surface area contributed by atoms with Gasteiger partial charge in [0, 0.05) is 23.4 Å². The fraction of sp³-hybridized carbons (Fsp3) is 0.647. The summed E-state index contributed by atoms with van der Waals surface area (Å²) < 4.78 is 0. The molecule has 0 radical (unpaired) electrons. The first-order valence-electron chi connectivity index (χ1n) is 7.98. The molecular formula is C17H26N2O2S. The minimum Gasteiger partial charge on any atom is -0.354 e. The molecule has 1 aliphatic carbocycles. The second-order valence-corrected chi connectivity index (χ2v) is 7.73. The molecule has 22 heavy (non-hydrogen) atoms. The van der Waals surface area contributed by atoms with Crippen LogP contribution in [0.1, 0.15) is 44.4 Å². The van der Waals surface area contributed by atoms with Gasteiger partial charge in [0.05, 0.1) is 5.41 Å². The summed E-state index contributed by atoms with van der Waals surface area (Å²) in [6, 6.07) is 3.92. The average Bonchev–Trinajstić information content (AvgIpc) is 3.07. The van der Waals surface area contributed by atoms with E-state index in [2.05, 4.69) is 5.32 Å². The van der Waals surface area contributed by atoms with Crippen LogP contribution in [-0.4, -0.2) is 24.8 Å². The van der Waals surface area contributed by atoms with Gasteiger partial charge in [-0.15, -0.1) is 11.3 Å². The van der Waals surface area contributed by atoms with Crippen LogP contribution in [0, 0.1) is 11.8 Å². The lowest BCUT2D eigenvalue weighted by atomic mass is 9.79. The maximum absolute atomic E-state index is 12.4. The summed E-state index contributed by atoms with van der Waals surface area (Å²) in [5.74, 6) is 0.629. The van der Waals surface area contributed by atoms with Crippen LogP contribution in [0.25, 0.3) is 0 Å². The minimum absolute atomic E-state index is 0.0203. The lowest BCUT2D eigenvalue weighted by Crippen LogP contribution is -2.47. The van der Waals surface area contributed by atoms with E-state index in [1.54, 1.807) is 11.3 Å². The maximum atomic E-state index is 12.4. The number of aldehydes is 1. The van der Waals surface area contributed by atoms with Gasteiger partial charge in [0.2, 0.25) is 5.91 Å². The Kier molecular flexibility index (Phi) is 5.75. The first-order valence-corrected chi connectivity index (χ1v) is 8.86. The van der Waals surface area contributed by atoms with Gasteiger partial charge in [-0.1, -0.05) is 6.07 Å². The minimum atomic E-state index is -0.525. The number of hydrogen-bond donors (Lipinski definition) is 2. The van der Waals surface area contributed by atoms with Crippen LogP contribution < -0.4 is 11.1 Å². The van der Waals surface area contributed by atoms with E-state index in [1.165, 1.54) is 0 Å². The molecule has 0 aromatic carbocycles. The van der Waals surface area contributed by atoms with Gasteiger partial charge >= 0.3 is 0 Å². The standard InChI is InChI=1S/C17H26N2O2S/c1-17(2,15-4-3-9-22-15)16(21)19-10-14(18)13-7-5-12(11-20)6-8-13/h3-4,9,11-14H,5-8,10,18H2,1-2H3,(H,19,21). The fourth-order valence-electron chi connectivity index (χ4n) is 3.05. The van der Waals surface area contributed by atoms with Gasteiger partial charge in [0.1, 0.15) is 6.29 Å². The van der Waals surface area contributed by atoms with Crippen molar-refractivity contribution < 1.29 is 9.59 Å². The molecule has 0 spiro atoms. The molecular weight excluding hydrogens is 296 g/mol. The van der Waals surface area contributed by atoms with E-state index >= 15 is 0 Å². The van der Waals surface area contributed by atoms with Gasteiger partial charge in [-0.3, -0.25) is 4.79 Å². The molecule has 0 aliphatic heterocycles. The number of thiophene rings is 1. The van der Waals surface area contributed by atoms with Gasteiger partial charge in [-0.25, -0.2) is 0 Å². The third-order valence-electron chi connectivity index (χ3n) is 4.82. The van der Waals surface area contributed by atoms with Crippen LogP contribution in [0.2, 0.25) is 0 Å². The summed E-state index contributed by atoms with van der Waals surface area (Å²) in [7, 11) is 0. The van der Waals surface area contributed by atoms with E-state index in [4.69, 9.17) is 5.73 Å². The highest BCUT2D eigenvalue weighted by Crippen LogP contribution is 2.30. The summed E-state index contributed by atoms with van der Waals surface area (Å²) in [4.78, 5) is 24.3. The average molecular weight is 322 g/mol. The Hall–Kier alpha value is -1.20. The second kappa shape index (κ2) is 7.38. The molecule has 0 bridgehead atoms. The van der Waals surface area contributed by atoms with Crippen LogP contribution in [0.3, 0.4) is 0 Å². The van der Waals surface area contributed by atoms with Crippen LogP contribution >= 0.6 is 11.3 Å². The number of amides is 1. The molecule has 1 fully saturated rings. The van der Waals surface area contributed by atoms with Crippen molar-refractivity contribution in [1.29, 1.82) is 0 Å². The smallest absolute Gasteiger partial charge is 0.230 e. The molecule has 1 aliphatic rings. The van der Waals surface area contributed by atoms with Crippen molar-refractivity contribution in [3.05, 3.63) is 22.4 Å². The third kappa shape index (κ3) is 3.96. The molecule has 1 unspecified atom stereocenters. The Bertz CT molecular complexity index is 491. The number of rotatable bonds is 6. The van der Waals surface area contributed by atoms with Gasteiger partial charge in [-0.05, 0) is 56.9 Å². The molecule has 0 saturated heterocycles. The summed E-state index contributed by atoms with van der Waals surface area (Å²) in [6.45, 7) is 4.38. The molecule has 1 aromatic heterocycles. The summed E-state index contributed by atoms with van der Waals surface area (Å²) in [6.07, 6.45) is 4.88. The predicted molar refractivity (Wildman–Crippen MR) is 89.8 cm³/mol. The van der Waals surface area contributed by atoms with Crippen LogP contribution in [0.15, 0.2) is 17.5 Å². The van der Waals surface area contributed by atoms with E-state index in [0.717, 1.165) is 36.8 Å². The van der Waals surface area contributed by atoms with E-state index in [1.807, 2.05) is 31.4 Å². The molecule has 5 heteroatoms. The topological polar surface area (TPSA) is 72.2 Å². The normalized spacial score (nSPS) is 23.8. The highest BCUT2D eigenvalue weighted by Gasteiger charge is 2.32. The Morgan fingerprint density at radius 1 is 1.45 bits per heavy atom. The Morgan fingerprint density at radius 2 is 2.14 bits per heavy atom. The molecule has 1 amide bonds. The van der Waals surface area contributed by atoms with Crippen LogP contribution in [-0.2, 0) is 15.0 Å². The number of hydrogen-bond acceptors (Lipinski definition) is 4. The molecule has 1 heterocycles. The van der Waals surface area contributed by atoms with Crippen LogP contribution in [0.5, 0.6) is 0 Å². The monoisotopic (exact) mass is 322 g/mol. The highest BCUT2D eigenvalue weighted by molar-refractivity contribution is 7.10. The molecule has 1 saturated carbocycles. The summed E-state index contributed by atoms with van der Waals surface area (Å²) in [5, 5.41) is 4.99. The van der Waals surface area contributed by atoms with Crippen molar-refractivity contribution in [3.63, 3.8) is 0 Å². The van der Waals surface area contributed by atoms with Crippen molar-refractivity contribution in [2.45, 2.75) is 51.0 Å². The number of carbonyl (C=O) groups excluding carboxylic acids is 2. The number of nitrogens with two attached hydrogens (primary N) is 1. The van der Waals surface area contributed by atoms with E-state index in [9.17, 15) is 9.59 Å². The maximum Gasteiger partial charge on any atom is 0.230 e.